The van der Waals surface area contributed by atoms with Crippen LogP contribution in [0, 0.1) is 0 Å². The number of carbonyl (C=O) groups excluding carboxylic acids is 2. The number of phenolic OH excluding ortho intramolecular Hbond substituents is 1. The summed E-state index contributed by atoms with van der Waals surface area (Å²) in [7, 11) is 0. The maximum absolute atomic E-state index is 12.7. The number of thiocarbonyl (C=S) groups is 1. The fourth-order valence-corrected chi connectivity index (χ4v) is 3.94. The predicted molar refractivity (Wildman–Crippen MR) is 115 cm³/mol. The zero-order chi connectivity index (χ0) is 21.8. The number of rotatable bonds is 6. The molecule has 1 aliphatic heterocycles. The van der Waals surface area contributed by atoms with Crippen molar-refractivity contribution in [3.8, 4) is 11.5 Å². The van der Waals surface area contributed by atoms with Crippen LogP contribution in [0.4, 0.5) is 14.5 Å². The van der Waals surface area contributed by atoms with Crippen molar-refractivity contribution >= 4 is 63.5 Å². The van der Waals surface area contributed by atoms with Gasteiger partial charge >= 0.3 is 6.61 Å². The van der Waals surface area contributed by atoms with Crippen LogP contribution < -0.4 is 10.1 Å². The SMILES string of the molecule is O=C(CN1C(=O)/C(=C/c2ccccc2OC(F)F)SC1=S)Nc1cc(Cl)ccc1O. The van der Waals surface area contributed by atoms with Gasteiger partial charge in [0.2, 0.25) is 5.91 Å². The van der Waals surface area contributed by atoms with Crippen LogP contribution in [0.5, 0.6) is 11.5 Å². The van der Waals surface area contributed by atoms with Crippen LogP contribution >= 0.6 is 35.6 Å². The zero-order valence-corrected chi connectivity index (χ0v) is 17.4. The van der Waals surface area contributed by atoms with E-state index in [0.29, 0.717) is 5.02 Å². The molecule has 0 radical (unpaired) electrons. The Morgan fingerprint density at radius 1 is 1.33 bits per heavy atom. The highest BCUT2D eigenvalue weighted by Gasteiger charge is 2.33. The number of phenols is 1. The molecule has 0 aliphatic carbocycles. The molecule has 0 atom stereocenters. The molecule has 1 heterocycles. The van der Waals surface area contributed by atoms with Crippen molar-refractivity contribution in [2.75, 3.05) is 11.9 Å². The topological polar surface area (TPSA) is 78.9 Å². The number of nitrogens with zero attached hydrogens (tertiary/aromatic N) is 1. The van der Waals surface area contributed by atoms with Gasteiger partial charge in [0, 0.05) is 10.6 Å². The molecule has 156 valence electrons. The molecule has 30 heavy (non-hydrogen) atoms. The summed E-state index contributed by atoms with van der Waals surface area (Å²) in [6, 6.07) is 10.1. The summed E-state index contributed by atoms with van der Waals surface area (Å²) >= 11 is 11.9. The van der Waals surface area contributed by atoms with E-state index < -0.39 is 25.0 Å². The maximum atomic E-state index is 12.7. The minimum Gasteiger partial charge on any atom is -0.506 e. The number of amides is 2. The van der Waals surface area contributed by atoms with Crippen LogP contribution in [-0.4, -0.2) is 39.3 Å². The number of hydrogen-bond donors (Lipinski definition) is 2. The first-order valence-corrected chi connectivity index (χ1v) is 9.92. The largest absolute Gasteiger partial charge is 0.506 e. The molecule has 3 rings (SSSR count). The van der Waals surface area contributed by atoms with Crippen LogP contribution in [0.2, 0.25) is 5.02 Å². The normalized spacial score (nSPS) is 15.2. The van der Waals surface area contributed by atoms with Crippen molar-refractivity contribution in [3.63, 3.8) is 0 Å². The van der Waals surface area contributed by atoms with Gasteiger partial charge in [-0.3, -0.25) is 14.5 Å². The van der Waals surface area contributed by atoms with E-state index in [1.807, 2.05) is 0 Å². The molecule has 2 N–H and O–H groups in total. The fourth-order valence-electron chi connectivity index (χ4n) is 2.52. The smallest absolute Gasteiger partial charge is 0.387 e. The molecular weight excluding hydrogens is 458 g/mol. The Morgan fingerprint density at radius 3 is 2.80 bits per heavy atom. The van der Waals surface area contributed by atoms with Crippen molar-refractivity contribution in [2.24, 2.45) is 0 Å². The molecule has 1 saturated heterocycles. The standard InChI is InChI=1S/C19H13ClF2N2O4S2/c20-11-5-6-13(25)12(8-11)23-16(26)9-24-17(27)15(30-19(24)29)7-10-3-1-2-4-14(10)28-18(21)22/h1-8,18,25H,9H2,(H,23,26)/b15-7-. The Labute approximate surface area is 184 Å². The Kier molecular flexibility index (Phi) is 6.91. The summed E-state index contributed by atoms with van der Waals surface area (Å²) in [5.74, 6) is -1.44. The number of alkyl halides is 2. The van der Waals surface area contributed by atoms with E-state index >= 15 is 0 Å². The minimum atomic E-state index is -3.01. The summed E-state index contributed by atoms with van der Waals surface area (Å²) in [6.07, 6.45) is 1.37. The number of halogens is 3. The van der Waals surface area contributed by atoms with Crippen LogP contribution in [0.25, 0.3) is 6.08 Å². The van der Waals surface area contributed by atoms with Gasteiger partial charge in [-0.1, -0.05) is 53.8 Å². The lowest BCUT2D eigenvalue weighted by molar-refractivity contribution is -0.126. The maximum Gasteiger partial charge on any atom is 0.387 e. The third kappa shape index (κ3) is 5.26. The third-order valence-electron chi connectivity index (χ3n) is 3.83. The Bertz CT molecular complexity index is 1050. The van der Waals surface area contributed by atoms with E-state index in [1.54, 1.807) is 6.07 Å². The summed E-state index contributed by atoms with van der Waals surface area (Å²) < 4.78 is 29.7. The van der Waals surface area contributed by atoms with Gasteiger partial charge in [0.15, 0.2) is 0 Å². The highest BCUT2D eigenvalue weighted by molar-refractivity contribution is 8.26. The highest BCUT2D eigenvalue weighted by Crippen LogP contribution is 2.34. The summed E-state index contributed by atoms with van der Waals surface area (Å²) in [5.41, 5.74) is 0.359. The van der Waals surface area contributed by atoms with Gasteiger partial charge in [-0.05, 0) is 30.3 Å². The molecule has 0 aromatic heterocycles. The van der Waals surface area contributed by atoms with E-state index in [9.17, 15) is 23.5 Å². The molecule has 1 fully saturated rings. The molecular formula is C19H13ClF2N2O4S2. The number of aromatic hydroxyl groups is 1. The lowest BCUT2D eigenvalue weighted by Crippen LogP contribution is -2.36. The molecule has 2 aromatic carbocycles. The van der Waals surface area contributed by atoms with Crippen LogP contribution in [-0.2, 0) is 9.59 Å². The minimum absolute atomic E-state index is 0.0894. The highest BCUT2D eigenvalue weighted by atomic mass is 35.5. The molecule has 0 saturated carbocycles. The molecule has 0 bridgehead atoms. The molecule has 2 aromatic rings. The first kappa shape index (κ1) is 22.0. The van der Waals surface area contributed by atoms with Gasteiger partial charge in [0.25, 0.3) is 5.91 Å². The van der Waals surface area contributed by atoms with Crippen molar-refractivity contribution in [1.82, 2.24) is 4.90 Å². The number of nitrogens with one attached hydrogen (secondary N) is 1. The summed E-state index contributed by atoms with van der Waals surface area (Å²) in [6.45, 7) is -3.41. The molecule has 1 aliphatic rings. The van der Waals surface area contributed by atoms with E-state index in [0.717, 1.165) is 16.7 Å². The average Bonchev–Trinajstić information content (AvgIpc) is 2.93. The van der Waals surface area contributed by atoms with E-state index in [-0.39, 0.29) is 32.0 Å². The second-order valence-electron chi connectivity index (χ2n) is 5.89. The number of carbonyl (C=O) groups is 2. The van der Waals surface area contributed by atoms with E-state index in [4.69, 9.17) is 23.8 Å². The van der Waals surface area contributed by atoms with Gasteiger partial charge in [-0.2, -0.15) is 8.78 Å². The van der Waals surface area contributed by atoms with Gasteiger partial charge in [0.05, 0.1) is 10.6 Å². The fraction of sp³-hybridized carbons (Fsp3) is 0.105. The second kappa shape index (κ2) is 9.41. The van der Waals surface area contributed by atoms with Crippen molar-refractivity contribution < 1.29 is 28.2 Å². The van der Waals surface area contributed by atoms with E-state index in [2.05, 4.69) is 10.1 Å². The first-order chi connectivity index (χ1) is 14.2. The van der Waals surface area contributed by atoms with Crippen LogP contribution in [0.3, 0.4) is 0 Å². The molecule has 11 heteroatoms. The van der Waals surface area contributed by atoms with Crippen molar-refractivity contribution in [3.05, 3.63) is 58.0 Å². The zero-order valence-electron chi connectivity index (χ0n) is 15.0. The molecule has 0 unspecified atom stereocenters. The molecule has 6 nitrogen and oxygen atoms in total. The third-order valence-corrected chi connectivity index (χ3v) is 5.44. The average molecular weight is 471 g/mol. The van der Waals surface area contributed by atoms with Crippen LogP contribution in [0.1, 0.15) is 5.56 Å². The monoisotopic (exact) mass is 470 g/mol. The molecule has 0 spiro atoms. The van der Waals surface area contributed by atoms with Crippen LogP contribution in [0.15, 0.2) is 47.4 Å². The quantitative estimate of drug-likeness (QED) is 0.368. The number of hydrogen-bond acceptors (Lipinski definition) is 6. The Hall–Kier alpha value is -2.69. The van der Waals surface area contributed by atoms with Crippen molar-refractivity contribution in [1.29, 1.82) is 0 Å². The van der Waals surface area contributed by atoms with Crippen molar-refractivity contribution in [2.45, 2.75) is 6.61 Å². The lowest BCUT2D eigenvalue weighted by atomic mass is 10.2. The number of anilines is 1. The lowest BCUT2D eigenvalue weighted by Gasteiger charge is -2.14. The van der Waals surface area contributed by atoms with Gasteiger partial charge in [-0.25, -0.2) is 0 Å². The second-order valence-corrected chi connectivity index (χ2v) is 8.01. The predicted octanol–water partition coefficient (Wildman–Crippen LogP) is 4.49. The van der Waals surface area contributed by atoms with E-state index in [1.165, 1.54) is 42.5 Å². The van der Waals surface area contributed by atoms with Gasteiger partial charge < -0.3 is 15.2 Å². The number of para-hydroxylation sites is 1. The number of thioether (sulfide) groups is 1. The Morgan fingerprint density at radius 2 is 2.07 bits per heavy atom. The van der Waals surface area contributed by atoms with Gasteiger partial charge in [0.1, 0.15) is 22.4 Å². The summed E-state index contributed by atoms with van der Waals surface area (Å²) in [5, 5.41) is 12.5. The number of benzene rings is 2. The Balaban J connectivity index is 1.74. The van der Waals surface area contributed by atoms with Gasteiger partial charge in [-0.15, -0.1) is 0 Å². The number of ether oxygens (including phenoxy) is 1. The molecule has 2 amide bonds. The summed E-state index contributed by atoms with van der Waals surface area (Å²) in [4.78, 5) is 26.2. The first-order valence-electron chi connectivity index (χ1n) is 8.32.